The largest absolute Gasteiger partial charge is 0.497 e. The fraction of sp³-hybridized carbons (Fsp3) is 0.294. The minimum absolute atomic E-state index is 0.179. The van der Waals surface area contributed by atoms with Gasteiger partial charge in [0.1, 0.15) is 18.1 Å². The van der Waals surface area contributed by atoms with Gasteiger partial charge < -0.3 is 15.2 Å². The standard InChI is InChI=1S/C17H22N2O4S/c1-22-15-4-6-16(7-5-15)23-13-12-19-24(20,21)17-8-2-14(3-9-17)10-11-18/h2-9,19H,10-13,18H2,1H3. The summed E-state index contributed by atoms with van der Waals surface area (Å²) in [7, 11) is -1.95. The van der Waals surface area contributed by atoms with Crippen molar-refractivity contribution in [2.24, 2.45) is 5.73 Å². The van der Waals surface area contributed by atoms with E-state index in [0.29, 0.717) is 12.3 Å². The molecule has 0 aliphatic rings. The lowest BCUT2D eigenvalue weighted by Crippen LogP contribution is -2.28. The molecule has 0 bridgehead atoms. The zero-order valence-corrected chi connectivity index (χ0v) is 14.4. The number of sulfonamides is 1. The van der Waals surface area contributed by atoms with Crippen molar-refractivity contribution in [3.05, 3.63) is 54.1 Å². The van der Waals surface area contributed by atoms with Crippen LogP contribution in [0.1, 0.15) is 5.56 Å². The van der Waals surface area contributed by atoms with Crippen LogP contribution >= 0.6 is 0 Å². The molecule has 0 spiro atoms. The molecular weight excluding hydrogens is 328 g/mol. The summed E-state index contributed by atoms with van der Waals surface area (Å²) in [6.07, 6.45) is 0.726. The molecule has 3 N–H and O–H groups in total. The number of nitrogens with two attached hydrogens (primary N) is 1. The Bertz CT molecular complexity index is 728. The summed E-state index contributed by atoms with van der Waals surface area (Å²) in [5, 5.41) is 0. The van der Waals surface area contributed by atoms with Crippen molar-refractivity contribution in [2.75, 3.05) is 26.8 Å². The topological polar surface area (TPSA) is 90.6 Å². The minimum Gasteiger partial charge on any atom is -0.497 e. The van der Waals surface area contributed by atoms with Gasteiger partial charge in [0.25, 0.3) is 0 Å². The van der Waals surface area contributed by atoms with Crippen LogP contribution in [0.25, 0.3) is 0 Å². The number of ether oxygens (including phenoxy) is 2. The summed E-state index contributed by atoms with van der Waals surface area (Å²) in [5.41, 5.74) is 6.49. The van der Waals surface area contributed by atoms with E-state index in [9.17, 15) is 8.42 Å². The summed E-state index contributed by atoms with van der Waals surface area (Å²) in [6.45, 7) is 0.947. The first-order valence-corrected chi connectivity index (χ1v) is 9.09. The van der Waals surface area contributed by atoms with Gasteiger partial charge in [0.2, 0.25) is 10.0 Å². The summed E-state index contributed by atoms with van der Waals surface area (Å²) in [6, 6.07) is 13.8. The normalized spacial score (nSPS) is 11.2. The van der Waals surface area contributed by atoms with Crippen LogP contribution in [-0.2, 0) is 16.4 Å². The zero-order valence-electron chi connectivity index (χ0n) is 13.6. The monoisotopic (exact) mass is 350 g/mol. The Morgan fingerprint density at radius 3 is 2.21 bits per heavy atom. The fourth-order valence-corrected chi connectivity index (χ4v) is 3.12. The maximum atomic E-state index is 12.2. The summed E-state index contributed by atoms with van der Waals surface area (Å²) in [4.78, 5) is 0.229. The maximum Gasteiger partial charge on any atom is 0.240 e. The molecule has 6 nitrogen and oxygen atoms in total. The Morgan fingerprint density at radius 1 is 1.00 bits per heavy atom. The smallest absolute Gasteiger partial charge is 0.240 e. The SMILES string of the molecule is COc1ccc(OCCNS(=O)(=O)c2ccc(CCN)cc2)cc1. The van der Waals surface area contributed by atoms with Crippen LogP contribution in [0.3, 0.4) is 0 Å². The van der Waals surface area contributed by atoms with Gasteiger partial charge in [-0.05, 0) is 54.9 Å². The second-order valence-corrected chi connectivity index (χ2v) is 6.87. The molecule has 2 rings (SSSR count). The van der Waals surface area contributed by atoms with Gasteiger partial charge in [-0.1, -0.05) is 12.1 Å². The van der Waals surface area contributed by atoms with Gasteiger partial charge in [0.05, 0.1) is 12.0 Å². The van der Waals surface area contributed by atoms with Gasteiger partial charge >= 0.3 is 0 Å². The minimum atomic E-state index is -3.54. The highest BCUT2D eigenvalue weighted by atomic mass is 32.2. The molecule has 0 amide bonds. The number of rotatable bonds is 9. The molecular formula is C17H22N2O4S. The highest BCUT2D eigenvalue weighted by Crippen LogP contribution is 2.16. The fourth-order valence-electron chi connectivity index (χ4n) is 2.10. The molecule has 0 atom stereocenters. The van der Waals surface area contributed by atoms with Crippen LogP contribution in [0, 0.1) is 0 Å². The molecule has 0 saturated heterocycles. The first-order valence-electron chi connectivity index (χ1n) is 7.60. The Kier molecular flexibility index (Phi) is 6.60. The van der Waals surface area contributed by atoms with Crippen molar-refractivity contribution >= 4 is 10.0 Å². The van der Waals surface area contributed by atoms with Crippen LogP contribution in [0.2, 0.25) is 0 Å². The molecule has 0 fully saturated rings. The van der Waals surface area contributed by atoms with E-state index in [-0.39, 0.29) is 18.0 Å². The third-order valence-electron chi connectivity index (χ3n) is 3.39. The zero-order chi connectivity index (χ0) is 17.4. The second kappa shape index (κ2) is 8.68. The van der Waals surface area contributed by atoms with E-state index in [0.717, 1.165) is 17.7 Å². The Balaban J connectivity index is 1.83. The predicted octanol–water partition coefficient (Wildman–Crippen LogP) is 1.55. The average Bonchev–Trinajstić information content (AvgIpc) is 2.60. The molecule has 24 heavy (non-hydrogen) atoms. The van der Waals surface area contributed by atoms with Crippen molar-refractivity contribution in [3.8, 4) is 11.5 Å². The van der Waals surface area contributed by atoms with Crippen molar-refractivity contribution in [3.63, 3.8) is 0 Å². The number of hydrogen-bond donors (Lipinski definition) is 2. The molecule has 0 aliphatic carbocycles. The quantitative estimate of drug-likeness (QED) is 0.670. The molecule has 0 saturated carbocycles. The maximum absolute atomic E-state index is 12.2. The third kappa shape index (κ3) is 5.23. The van der Waals surface area contributed by atoms with Crippen molar-refractivity contribution in [2.45, 2.75) is 11.3 Å². The lowest BCUT2D eigenvalue weighted by atomic mass is 10.2. The first-order chi connectivity index (χ1) is 11.5. The summed E-state index contributed by atoms with van der Waals surface area (Å²) >= 11 is 0. The van der Waals surface area contributed by atoms with Gasteiger partial charge in [-0.2, -0.15) is 0 Å². The van der Waals surface area contributed by atoms with Crippen LogP contribution in [0.15, 0.2) is 53.4 Å². The van der Waals surface area contributed by atoms with E-state index >= 15 is 0 Å². The van der Waals surface area contributed by atoms with E-state index in [1.54, 1.807) is 55.6 Å². The molecule has 0 unspecified atom stereocenters. The second-order valence-electron chi connectivity index (χ2n) is 5.10. The third-order valence-corrected chi connectivity index (χ3v) is 4.87. The lowest BCUT2D eigenvalue weighted by Gasteiger charge is -2.09. The van der Waals surface area contributed by atoms with E-state index in [2.05, 4.69) is 4.72 Å². The average molecular weight is 350 g/mol. The van der Waals surface area contributed by atoms with Gasteiger partial charge in [-0.15, -0.1) is 0 Å². The van der Waals surface area contributed by atoms with Crippen LogP contribution < -0.4 is 19.9 Å². The molecule has 130 valence electrons. The van der Waals surface area contributed by atoms with Gasteiger partial charge in [-0.25, -0.2) is 13.1 Å². The molecule has 0 radical (unpaired) electrons. The highest BCUT2D eigenvalue weighted by molar-refractivity contribution is 7.89. The predicted molar refractivity (Wildman–Crippen MR) is 92.9 cm³/mol. The first kappa shape index (κ1) is 18.3. The Morgan fingerprint density at radius 2 is 1.62 bits per heavy atom. The molecule has 2 aromatic rings. The van der Waals surface area contributed by atoms with E-state index in [1.165, 1.54) is 0 Å². The van der Waals surface area contributed by atoms with Crippen molar-refractivity contribution in [1.82, 2.24) is 4.72 Å². The van der Waals surface area contributed by atoms with Crippen molar-refractivity contribution < 1.29 is 17.9 Å². The molecule has 0 aliphatic heterocycles. The summed E-state index contributed by atoms with van der Waals surface area (Å²) < 4.78 is 37.4. The molecule has 2 aromatic carbocycles. The Labute approximate surface area is 142 Å². The van der Waals surface area contributed by atoms with E-state index < -0.39 is 10.0 Å². The molecule has 0 aromatic heterocycles. The van der Waals surface area contributed by atoms with E-state index in [4.69, 9.17) is 15.2 Å². The van der Waals surface area contributed by atoms with Crippen LogP contribution in [-0.4, -0.2) is 35.2 Å². The molecule has 0 heterocycles. The number of methoxy groups -OCH3 is 1. The lowest BCUT2D eigenvalue weighted by molar-refractivity contribution is 0.322. The number of hydrogen-bond acceptors (Lipinski definition) is 5. The van der Waals surface area contributed by atoms with E-state index in [1.807, 2.05) is 0 Å². The number of nitrogens with one attached hydrogen (secondary N) is 1. The Hall–Kier alpha value is -2.09. The number of benzene rings is 2. The van der Waals surface area contributed by atoms with Gasteiger partial charge in [0, 0.05) is 6.54 Å². The van der Waals surface area contributed by atoms with Crippen LogP contribution in [0.4, 0.5) is 0 Å². The van der Waals surface area contributed by atoms with Crippen molar-refractivity contribution in [1.29, 1.82) is 0 Å². The summed E-state index contributed by atoms with van der Waals surface area (Å²) in [5.74, 6) is 1.39. The molecule has 7 heteroatoms. The highest BCUT2D eigenvalue weighted by Gasteiger charge is 2.13. The van der Waals surface area contributed by atoms with Crippen LogP contribution in [0.5, 0.6) is 11.5 Å². The van der Waals surface area contributed by atoms with Gasteiger partial charge in [-0.3, -0.25) is 0 Å². The van der Waals surface area contributed by atoms with Gasteiger partial charge in [0.15, 0.2) is 0 Å².